The molecule has 0 aliphatic carbocycles. The smallest absolute Gasteiger partial charge is 0.255 e. The Balaban J connectivity index is 1.53. The number of nitrogens with one attached hydrogen (secondary N) is 1. The van der Waals surface area contributed by atoms with Crippen LogP contribution in [-0.4, -0.2) is 23.3 Å². The largest absolute Gasteiger partial charge is 0.507 e. The molecule has 0 aliphatic rings. The highest BCUT2D eigenvalue weighted by molar-refractivity contribution is 9.11. The number of carbonyl (C=O) groups excluding carboxylic acids is 2. The van der Waals surface area contributed by atoms with E-state index in [0.717, 1.165) is 16.7 Å². The van der Waals surface area contributed by atoms with Gasteiger partial charge in [-0.3, -0.25) is 9.59 Å². The van der Waals surface area contributed by atoms with E-state index in [0.29, 0.717) is 33.4 Å². The summed E-state index contributed by atoms with van der Waals surface area (Å²) in [6.07, 6.45) is 0.313. The van der Waals surface area contributed by atoms with Crippen molar-refractivity contribution in [1.29, 1.82) is 0 Å². The molecule has 0 bridgehead atoms. The first-order chi connectivity index (χ1) is 17.8. The van der Waals surface area contributed by atoms with Crippen LogP contribution in [0, 0.1) is 0 Å². The molecule has 0 spiro atoms. The molecule has 0 unspecified atom stereocenters. The minimum Gasteiger partial charge on any atom is -0.507 e. The summed E-state index contributed by atoms with van der Waals surface area (Å²) in [6.45, 7) is 1.89. The predicted octanol–water partition coefficient (Wildman–Crippen LogP) is 7.40. The first-order valence-electron chi connectivity index (χ1n) is 11.7. The number of phenolic OH excluding ortho intramolecular Hbond substituents is 1. The van der Waals surface area contributed by atoms with Crippen molar-refractivity contribution in [2.75, 3.05) is 6.54 Å². The van der Waals surface area contributed by atoms with Crippen LogP contribution in [0.1, 0.15) is 39.9 Å². The van der Waals surface area contributed by atoms with Crippen molar-refractivity contribution in [3.8, 4) is 17.2 Å². The number of phenols is 1. The number of halogens is 2. The molecule has 0 heterocycles. The number of carbonyl (C=O) groups is 2. The summed E-state index contributed by atoms with van der Waals surface area (Å²) in [5.74, 6) is 0.339. The standard InChI is InChI=1S/C30H25Br2NO4/c1-19(34)14-20-15-26(31)29(27(32)16-20)37-23-12-13-28(35)24(17-23)30(36)33-18-25(21-8-4-2-5-9-21)22-10-6-3-7-11-22/h2-13,15-17,25,35H,14,18H2,1H3,(H,33,36). The average molecular weight is 623 g/mol. The fraction of sp³-hybridized carbons (Fsp3) is 0.133. The molecule has 37 heavy (non-hydrogen) atoms. The van der Waals surface area contributed by atoms with E-state index in [1.807, 2.05) is 72.8 Å². The first kappa shape index (κ1) is 26.6. The van der Waals surface area contributed by atoms with Gasteiger partial charge < -0.3 is 15.2 Å². The zero-order valence-corrected chi connectivity index (χ0v) is 23.3. The van der Waals surface area contributed by atoms with Gasteiger partial charge in [-0.25, -0.2) is 0 Å². The van der Waals surface area contributed by atoms with Gasteiger partial charge in [-0.05, 0) is 85.8 Å². The highest BCUT2D eigenvalue weighted by atomic mass is 79.9. The SMILES string of the molecule is CC(=O)Cc1cc(Br)c(Oc2ccc(O)c(C(=O)NCC(c3ccccc3)c3ccccc3)c2)c(Br)c1. The molecule has 5 nitrogen and oxygen atoms in total. The van der Waals surface area contributed by atoms with E-state index in [4.69, 9.17) is 4.74 Å². The number of hydrogen-bond acceptors (Lipinski definition) is 4. The maximum atomic E-state index is 13.1. The second kappa shape index (κ2) is 12.2. The topological polar surface area (TPSA) is 75.6 Å². The molecular formula is C30H25Br2NO4. The third-order valence-corrected chi connectivity index (χ3v) is 6.99. The third-order valence-electron chi connectivity index (χ3n) is 5.81. The molecule has 1 amide bonds. The predicted molar refractivity (Wildman–Crippen MR) is 151 cm³/mol. The van der Waals surface area contributed by atoms with Gasteiger partial charge in [-0.15, -0.1) is 0 Å². The van der Waals surface area contributed by atoms with Crippen LogP contribution in [0.15, 0.2) is 99.9 Å². The Hall–Kier alpha value is -3.42. The van der Waals surface area contributed by atoms with Crippen molar-refractivity contribution in [3.63, 3.8) is 0 Å². The zero-order chi connectivity index (χ0) is 26.4. The Labute approximate surface area is 232 Å². The molecule has 0 saturated heterocycles. The summed E-state index contributed by atoms with van der Waals surface area (Å²) in [5.41, 5.74) is 3.12. The second-order valence-electron chi connectivity index (χ2n) is 8.63. The number of rotatable bonds is 9. The average Bonchev–Trinajstić information content (AvgIpc) is 2.88. The molecule has 4 rings (SSSR count). The highest BCUT2D eigenvalue weighted by Gasteiger charge is 2.19. The van der Waals surface area contributed by atoms with Crippen LogP contribution in [0.25, 0.3) is 0 Å². The minimum atomic E-state index is -0.408. The van der Waals surface area contributed by atoms with Gasteiger partial charge in [-0.2, -0.15) is 0 Å². The van der Waals surface area contributed by atoms with Crippen molar-refractivity contribution in [2.24, 2.45) is 0 Å². The van der Waals surface area contributed by atoms with E-state index in [2.05, 4.69) is 37.2 Å². The Morgan fingerprint density at radius 2 is 1.43 bits per heavy atom. The van der Waals surface area contributed by atoms with Crippen LogP contribution in [-0.2, 0) is 11.2 Å². The molecule has 7 heteroatoms. The quantitative estimate of drug-likeness (QED) is 0.204. The normalized spacial score (nSPS) is 10.8. The highest BCUT2D eigenvalue weighted by Crippen LogP contribution is 2.39. The molecular weight excluding hydrogens is 598 g/mol. The summed E-state index contributed by atoms with van der Waals surface area (Å²) in [4.78, 5) is 24.6. The number of amides is 1. The fourth-order valence-corrected chi connectivity index (χ4v) is 5.51. The van der Waals surface area contributed by atoms with Crippen molar-refractivity contribution in [2.45, 2.75) is 19.3 Å². The van der Waals surface area contributed by atoms with Crippen LogP contribution < -0.4 is 10.1 Å². The number of ketones is 1. The summed E-state index contributed by atoms with van der Waals surface area (Å²) in [5, 5.41) is 13.4. The van der Waals surface area contributed by atoms with Gasteiger partial charge in [0.25, 0.3) is 5.91 Å². The van der Waals surface area contributed by atoms with Crippen LogP contribution in [0.4, 0.5) is 0 Å². The van der Waals surface area contributed by atoms with Crippen molar-refractivity contribution in [1.82, 2.24) is 5.32 Å². The van der Waals surface area contributed by atoms with Gasteiger partial charge in [0, 0.05) is 18.9 Å². The number of benzene rings is 4. The van der Waals surface area contributed by atoms with E-state index in [9.17, 15) is 14.7 Å². The molecule has 0 saturated carbocycles. The van der Waals surface area contributed by atoms with E-state index < -0.39 is 5.91 Å². The molecule has 0 aliphatic heterocycles. The van der Waals surface area contributed by atoms with Gasteiger partial charge in [0.2, 0.25) is 0 Å². The van der Waals surface area contributed by atoms with Gasteiger partial charge in [0.05, 0.1) is 14.5 Å². The Bertz CT molecular complexity index is 1350. The Morgan fingerprint density at radius 1 is 0.865 bits per heavy atom. The summed E-state index contributed by atoms with van der Waals surface area (Å²) < 4.78 is 7.36. The molecule has 188 valence electrons. The molecule has 2 N–H and O–H groups in total. The minimum absolute atomic E-state index is 0.0478. The lowest BCUT2D eigenvalue weighted by atomic mass is 9.91. The number of Topliss-reactive ketones (excluding diaryl/α,β-unsaturated/α-hetero) is 1. The molecule has 0 radical (unpaired) electrons. The van der Waals surface area contributed by atoms with Crippen LogP contribution in [0.5, 0.6) is 17.2 Å². The summed E-state index contributed by atoms with van der Waals surface area (Å²) in [6, 6.07) is 28.1. The maximum absolute atomic E-state index is 13.1. The van der Waals surface area contributed by atoms with E-state index in [1.165, 1.54) is 19.1 Å². The number of hydrogen-bond donors (Lipinski definition) is 2. The Kier molecular flexibility index (Phi) is 8.79. The van der Waals surface area contributed by atoms with Gasteiger partial charge in [0.15, 0.2) is 5.75 Å². The lowest BCUT2D eigenvalue weighted by molar-refractivity contribution is -0.116. The molecule has 0 fully saturated rings. The summed E-state index contributed by atoms with van der Waals surface area (Å²) in [7, 11) is 0. The second-order valence-corrected chi connectivity index (χ2v) is 10.3. The number of aromatic hydroxyl groups is 1. The Morgan fingerprint density at radius 3 is 1.97 bits per heavy atom. The van der Waals surface area contributed by atoms with Gasteiger partial charge >= 0.3 is 0 Å². The summed E-state index contributed by atoms with van der Waals surface area (Å²) >= 11 is 6.99. The van der Waals surface area contributed by atoms with E-state index >= 15 is 0 Å². The first-order valence-corrected chi connectivity index (χ1v) is 13.3. The van der Waals surface area contributed by atoms with Crippen LogP contribution >= 0.6 is 31.9 Å². The molecule has 0 aromatic heterocycles. The van der Waals surface area contributed by atoms with E-state index in [-0.39, 0.29) is 23.0 Å². The zero-order valence-electron chi connectivity index (χ0n) is 20.1. The van der Waals surface area contributed by atoms with Crippen molar-refractivity contribution < 1.29 is 19.4 Å². The van der Waals surface area contributed by atoms with Gasteiger partial charge in [-0.1, -0.05) is 60.7 Å². The monoisotopic (exact) mass is 621 g/mol. The maximum Gasteiger partial charge on any atom is 0.255 e. The molecule has 0 atom stereocenters. The fourth-order valence-electron chi connectivity index (χ4n) is 4.07. The lowest BCUT2D eigenvalue weighted by Gasteiger charge is -2.19. The lowest BCUT2D eigenvalue weighted by Crippen LogP contribution is -2.29. The third kappa shape index (κ3) is 6.87. The van der Waals surface area contributed by atoms with Crippen LogP contribution in [0.2, 0.25) is 0 Å². The van der Waals surface area contributed by atoms with E-state index in [1.54, 1.807) is 6.07 Å². The number of ether oxygens (including phenoxy) is 1. The van der Waals surface area contributed by atoms with Gasteiger partial charge in [0.1, 0.15) is 17.3 Å². The van der Waals surface area contributed by atoms with Crippen molar-refractivity contribution >= 4 is 43.6 Å². The van der Waals surface area contributed by atoms with Crippen LogP contribution in [0.3, 0.4) is 0 Å². The molecule has 4 aromatic carbocycles. The molecule has 4 aromatic rings. The van der Waals surface area contributed by atoms with Crippen molar-refractivity contribution in [3.05, 3.63) is 122 Å².